The molecule has 0 atom stereocenters. The summed E-state index contributed by atoms with van der Waals surface area (Å²) in [5, 5.41) is 4.37. The molecule has 0 saturated carbocycles. The highest BCUT2D eigenvalue weighted by atomic mass is 15.3. The van der Waals surface area contributed by atoms with Crippen molar-refractivity contribution in [3.05, 3.63) is 41.3 Å². The Labute approximate surface area is 88.8 Å². The van der Waals surface area contributed by atoms with E-state index in [-0.39, 0.29) is 0 Å². The summed E-state index contributed by atoms with van der Waals surface area (Å²) >= 11 is 0. The lowest BCUT2D eigenvalue weighted by Gasteiger charge is -2.03. The number of rotatable bonds is 2. The van der Waals surface area contributed by atoms with Crippen LogP contribution >= 0.6 is 0 Å². The van der Waals surface area contributed by atoms with Gasteiger partial charge in [-0.15, -0.1) is 0 Å². The molecule has 0 aliphatic carbocycles. The Morgan fingerprint density at radius 1 is 1.33 bits per heavy atom. The summed E-state index contributed by atoms with van der Waals surface area (Å²) in [5.41, 5.74) is 8.65. The molecular formula is C11H14N4. The van der Waals surface area contributed by atoms with E-state index in [2.05, 4.69) is 10.1 Å². The lowest BCUT2D eigenvalue weighted by Crippen LogP contribution is -2.03. The van der Waals surface area contributed by atoms with Gasteiger partial charge in [0.05, 0.1) is 5.69 Å². The molecule has 2 aromatic rings. The van der Waals surface area contributed by atoms with Crippen LogP contribution in [0.15, 0.2) is 24.4 Å². The average molecular weight is 202 g/mol. The highest BCUT2D eigenvalue weighted by Crippen LogP contribution is 2.10. The van der Waals surface area contributed by atoms with Crippen molar-refractivity contribution in [1.82, 2.24) is 14.8 Å². The van der Waals surface area contributed by atoms with Crippen molar-refractivity contribution < 1.29 is 0 Å². The molecule has 0 radical (unpaired) electrons. The minimum absolute atomic E-state index is 0.458. The Morgan fingerprint density at radius 3 is 2.73 bits per heavy atom. The summed E-state index contributed by atoms with van der Waals surface area (Å²) in [5.74, 6) is 0.840. The molecule has 0 aliphatic heterocycles. The second-order valence-electron chi connectivity index (χ2n) is 3.58. The van der Waals surface area contributed by atoms with Gasteiger partial charge in [-0.3, -0.25) is 0 Å². The number of aryl methyl sites for hydroxylation is 2. The maximum absolute atomic E-state index is 5.54. The van der Waals surface area contributed by atoms with Gasteiger partial charge < -0.3 is 5.73 Å². The third-order valence-electron chi connectivity index (χ3n) is 2.27. The topological polar surface area (TPSA) is 56.7 Å². The molecule has 0 fully saturated rings. The molecule has 78 valence electrons. The number of hydrogen-bond donors (Lipinski definition) is 1. The van der Waals surface area contributed by atoms with Gasteiger partial charge in [0.25, 0.3) is 0 Å². The van der Waals surface area contributed by atoms with Crippen molar-refractivity contribution in [3.63, 3.8) is 0 Å². The van der Waals surface area contributed by atoms with Crippen LogP contribution in [0.2, 0.25) is 0 Å². The maximum Gasteiger partial charge on any atom is 0.153 e. The summed E-state index contributed by atoms with van der Waals surface area (Å²) in [6.07, 6.45) is 1.79. The van der Waals surface area contributed by atoms with E-state index in [1.807, 2.05) is 36.7 Å². The standard InChI is InChI=1S/C11H14N4/c1-8-3-4-13-11(5-8)15-9(2)6-10(7-12)14-15/h3-6H,7,12H2,1-2H3. The fraction of sp³-hybridized carbons (Fsp3) is 0.273. The van der Waals surface area contributed by atoms with Crippen molar-refractivity contribution in [3.8, 4) is 5.82 Å². The lowest BCUT2D eigenvalue weighted by molar-refractivity contribution is 0.788. The van der Waals surface area contributed by atoms with E-state index < -0.39 is 0 Å². The Hall–Kier alpha value is -1.68. The molecule has 0 aromatic carbocycles. The van der Waals surface area contributed by atoms with Gasteiger partial charge in [0, 0.05) is 18.4 Å². The van der Waals surface area contributed by atoms with Crippen molar-refractivity contribution in [2.45, 2.75) is 20.4 Å². The summed E-state index contributed by atoms with van der Waals surface area (Å²) in [6.45, 7) is 4.49. The quantitative estimate of drug-likeness (QED) is 0.799. The van der Waals surface area contributed by atoms with Gasteiger partial charge in [-0.2, -0.15) is 5.10 Å². The molecule has 2 heterocycles. The Bertz CT molecular complexity index is 473. The van der Waals surface area contributed by atoms with Gasteiger partial charge in [-0.1, -0.05) is 0 Å². The third kappa shape index (κ3) is 1.89. The van der Waals surface area contributed by atoms with Crippen LogP contribution in [0.4, 0.5) is 0 Å². The molecule has 0 saturated heterocycles. The summed E-state index contributed by atoms with van der Waals surface area (Å²) in [6, 6.07) is 5.94. The van der Waals surface area contributed by atoms with E-state index in [4.69, 9.17) is 5.73 Å². The second-order valence-corrected chi connectivity index (χ2v) is 3.58. The first-order chi connectivity index (χ1) is 7.20. The van der Waals surface area contributed by atoms with Crippen molar-refractivity contribution in [2.75, 3.05) is 0 Å². The fourth-order valence-corrected chi connectivity index (χ4v) is 1.51. The number of aromatic nitrogens is 3. The first kappa shape index (κ1) is 9.86. The van der Waals surface area contributed by atoms with Crippen LogP contribution in [-0.4, -0.2) is 14.8 Å². The van der Waals surface area contributed by atoms with Crippen LogP contribution in [0.1, 0.15) is 17.0 Å². The van der Waals surface area contributed by atoms with Crippen LogP contribution in [0.3, 0.4) is 0 Å². The molecular weight excluding hydrogens is 188 g/mol. The van der Waals surface area contributed by atoms with Crippen LogP contribution in [0, 0.1) is 13.8 Å². The minimum atomic E-state index is 0.458. The van der Waals surface area contributed by atoms with Crippen molar-refractivity contribution >= 4 is 0 Å². The van der Waals surface area contributed by atoms with E-state index in [0.29, 0.717) is 6.54 Å². The first-order valence-corrected chi connectivity index (χ1v) is 4.89. The van der Waals surface area contributed by atoms with Gasteiger partial charge in [-0.25, -0.2) is 9.67 Å². The lowest BCUT2D eigenvalue weighted by atomic mass is 10.3. The van der Waals surface area contributed by atoms with Crippen LogP contribution in [0.25, 0.3) is 5.82 Å². The molecule has 0 unspecified atom stereocenters. The van der Waals surface area contributed by atoms with Crippen LogP contribution in [-0.2, 0) is 6.54 Å². The van der Waals surface area contributed by atoms with Gasteiger partial charge in [0.1, 0.15) is 0 Å². The summed E-state index contributed by atoms with van der Waals surface area (Å²) < 4.78 is 1.81. The molecule has 2 rings (SSSR count). The van der Waals surface area contributed by atoms with Gasteiger partial charge in [0.2, 0.25) is 0 Å². The Balaban J connectivity index is 2.48. The number of pyridine rings is 1. The molecule has 0 amide bonds. The first-order valence-electron chi connectivity index (χ1n) is 4.89. The highest BCUT2D eigenvalue weighted by Gasteiger charge is 2.05. The van der Waals surface area contributed by atoms with Gasteiger partial charge >= 0.3 is 0 Å². The largest absolute Gasteiger partial charge is 0.325 e. The van der Waals surface area contributed by atoms with Crippen LogP contribution in [0.5, 0.6) is 0 Å². The SMILES string of the molecule is Cc1ccnc(-n2nc(CN)cc2C)c1. The third-order valence-corrected chi connectivity index (χ3v) is 2.27. The molecule has 2 aromatic heterocycles. The molecule has 15 heavy (non-hydrogen) atoms. The van der Waals surface area contributed by atoms with Crippen molar-refractivity contribution in [2.24, 2.45) is 5.73 Å². The van der Waals surface area contributed by atoms with E-state index in [0.717, 1.165) is 17.2 Å². The zero-order valence-electron chi connectivity index (χ0n) is 8.94. The normalized spacial score (nSPS) is 10.6. The Kier molecular flexibility index (Phi) is 2.51. The predicted molar refractivity (Wildman–Crippen MR) is 58.7 cm³/mol. The molecule has 0 bridgehead atoms. The van der Waals surface area contributed by atoms with Crippen LogP contribution < -0.4 is 5.73 Å². The molecule has 0 aliphatic rings. The van der Waals surface area contributed by atoms with E-state index in [1.54, 1.807) is 6.20 Å². The smallest absolute Gasteiger partial charge is 0.153 e. The van der Waals surface area contributed by atoms with E-state index in [1.165, 1.54) is 5.56 Å². The fourth-order valence-electron chi connectivity index (χ4n) is 1.51. The molecule has 0 spiro atoms. The summed E-state index contributed by atoms with van der Waals surface area (Å²) in [7, 11) is 0. The molecule has 2 N–H and O–H groups in total. The highest BCUT2D eigenvalue weighted by molar-refractivity contribution is 5.29. The zero-order valence-corrected chi connectivity index (χ0v) is 8.94. The second kappa shape index (κ2) is 3.82. The van der Waals surface area contributed by atoms with Gasteiger partial charge in [0.15, 0.2) is 5.82 Å². The zero-order chi connectivity index (χ0) is 10.8. The monoisotopic (exact) mass is 202 g/mol. The number of nitrogens with two attached hydrogens (primary N) is 1. The summed E-state index contributed by atoms with van der Waals surface area (Å²) in [4.78, 5) is 4.28. The molecule has 4 heteroatoms. The van der Waals surface area contributed by atoms with E-state index in [9.17, 15) is 0 Å². The maximum atomic E-state index is 5.54. The number of hydrogen-bond acceptors (Lipinski definition) is 3. The Morgan fingerprint density at radius 2 is 2.13 bits per heavy atom. The van der Waals surface area contributed by atoms with Crippen molar-refractivity contribution in [1.29, 1.82) is 0 Å². The predicted octanol–water partition coefficient (Wildman–Crippen LogP) is 1.34. The molecule has 4 nitrogen and oxygen atoms in total. The van der Waals surface area contributed by atoms with Gasteiger partial charge in [-0.05, 0) is 37.6 Å². The van der Waals surface area contributed by atoms with E-state index >= 15 is 0 Å². The minimum Gasteiger partial charge on any atom is -0.325 e. The average Bonchev–Trinajstić information content (AvgIpc) is 2.60. The number of nitrogens with zero attached hydrogens (tertiary/aromatic N) is 3.